The molecule has 0 spiro atoms. The van der Waals surface area contributed by atoms with E-state index >= 15 is 0 Å². The summed E-state index contributed by atoms with van der Waals surface area (Å²) in [6.07, 6.45) is 0. The molecule has 2 aliphatic rings. The normalized spacial score (nSPS) is 17.7. The van der Waals surface area contributed by atoms with Crippen molar-refractivity contribution in [2.45, 2.75) is 19.4 Å². The van der Waals surface area contributed by atoms with Crippen LogP contribution >= 0.6 is 0 Å². The van der Waals surface area contributed by atoms with Crippen LogP contribution in [-0.2, 0) is 21.3 Å². The maximum Gasteiger partial charge on any atom is 0.265 e. The van der Waals surface area contributed by atoms with Crippen molar-refractivity contribution >= 4 is 21.5 Å². The van der Waals surface area contributed by atoms with Crippen LogP contribution in [0.25, 0.3) is 5.76 Å². The van der Waals surface area contributed by atoms with Crippen LogP contribution in [0.5, 0.6) is 11.5 Å². The first-order chi connectivity index (χ1) is 18.3. The van der Waals surface area contributed by atoms with Gasteiger partial charge in [0.15, 0.2) is 17.3 Å². The number of benzene rings is 3. The third-order valence-electron chi connectivity index (χ3n) is 6.42. The van der Waals surface area contributed by atoms with Gasteiger partial charge in [-0.3, -0.25) is 4.31 Å². The molecule has 10 heteroatoms. The van der Waals surface area contributed by atoms with E-state index in [9.17, 15) is 18.1 Å². The fourth-order valence-electron chi connectivity index (χ4n) is 4.71. The lowest BCUT2D eigenvalue weighted by Gasteiger charge is -2.38. The zero-order valence-electron chi connectivity index (χ0n) is 20.6. The topological polar surface area (TPSA) is 115 Å². The Morgan fingerprint density at radius 2 is 1.84 bits per heavy atom. The molecule has 194 valence electrons. The molecule has 0 radical (unpaired) electrons. The zero-order chi connectivity index (χ0) is 27.0. The van der Waals surface area contributed by atoms with Crippen molar-refractivity contribution in [2.24, 2.45) is 5.73 Å². The van der Waals surface area contributed by atoms with Crippen molar-refractivity contribution in [1.29, 1.82) is 5.26 Å². The van der Waals surface area contributed by atoms with Gasteiger partial charge in [-0.1, -0.05) is 30.3 Å². The fourth-order valence-corrected chi connectivity index (χ4v) is 6.62. The smallest absolute Gasteiger partial charge is 0.265 e. The third-order valence-corrected chi connectivity index (χ3v) is 8.30. The number of halogens is 1. The molecule has 0 saturated carbocycles. The van der Waals surface area contributed by atoms with Crippen molar-refractivity contribution in [3.8, 4) is 17.6 Å². The second kappa shape index (κ2) is 9.76. The summed E-state index contributed by atoms with van der Waals surface area (Å²) >= 11 is 0. The lowest BCUT2D eigenvalue weighted by atomic mass is 9.88. The van der Waals surface area contributed by atoms with Gasteiger partial charge in [0.2, 0.25) is 5.88 Å². The first-order valence-corrected chi connectivity index (χ1v) is 13.2. The molecule has 2 aliphatic heterocycles. The number of anilines is 1. The Hall–Kier alpha value is -4.49. The summed E-state index contributed by atoms with van der Waals surface area (Å²) in [4.78, 5) is -0.115. The predicted molar refractivity (Wildman–Crippen MR) is 140 cm³/mol. The summed E-state index contributed by atoms with van der Waals surface area (Å²) < 4.78 is 60.4. The SMILES string of the molecule is CCOc1ccc([C@@H]2C(C#N)=C(N)OC3=C2S(=O)(=O)N(Cc2ccc(F)cc2)c2ccccc23)cc1OC. The molecule has 1 atom stereocenters. The molecule has 0 aliphatic carbocycles. The van der Waals surface area contributed by atoms with E-state index < -0.39 is 21.8 Å². The number of rotatable bonds is 6. The van der Waals surface area contributed by atoms with Crippen LogP contribution in [0.3, 0.4) is 0 Å². The van der Waals surface area contributed by atoms with Gasteiger partial charge in [0.1, 0.15) is 22.4 Å². The second-order valence-electron chi connectivity index (χ2n) is 8.62. The first kappa shape index (κ1) is 25.2. The number of nitriles is 1. The van der Waals surface area contributed by atoms with E-state index in [4.69, 9.17) is 19.9 Å². The van der Waals surface area contributed by atoms with Gasteiger partial charge in [0, 0.05) is 5.56 Å². The number of methoxy groups -OCH3 is 1. The number of hydrogen-bond donors (Lipinski definition) is 1. The molecule has 3 aromatic rings. The molecule has 8 nitrogen and oxygen atoms in total. The summed E-state index contributed by atoms with van der Waals surface area (Å²) in [5.74, 6) is -0.755. The number of ether oxygens (including phenoxy) is 3. The Morgan fingerprint density at radius 1 is 1.11 bits per heavy atom. The quantitative estimate of drug-likeness (QED) is 0.486. The van der Waals surface area contributed by atoms with Gasteiger partial charge in [-0.05, 0) is 54.4 Å². The average molecular weight is 534 g/mol. The van der Waals surface area contributed by atoms with E-state index in [2.05, 4.69) is 0 Å². The van der Waals surface area contributed by atoms with E-state index in [0.29, 0.717) is 40.5 Å². The van der Waals surface area contributed by atoms with Crippen molar-refractivity contribution in [3.05, 3.63) is 106 Å². The Morgan fingerprint density at radius 3 is 2.53 bits per heavy atom. The van der Waals surface area contributed by atoms with Gasteiger partial charge < -0.3 is 19.9 Å². The predicted octanol–water partition coefficient (Wildman–Crippen LogP) is 4.76. The van der Waals surface area contributed by atoms with Crippen molar-refractivity contribution in [3.63, 3.8) is 0 Å². The van der Waals surface area contributed by atoms with Crippen LogP contribution < -0.4 is 19.5 Å². The van der Waals surface area contributed by atoms with Gasteiger partial charge in [-0.15, -0.1) is 0 Å². The number of nitrogens with two attached hydrogens (primary N) is 1. The maximum absolute atomic E-state index is 14.3. The minimum Gasteiger partial charge on any atom is -0.493 e. The average Bonchev–Trinajstić information content (AvgIpc) is 2.91. The molecule has 0 saturated heterocycles. The minimum absolute atomic E-state index is 0.0420. The van der Waals surface area contributed by atoms with Crippen LogP contribution in [0.2, 0.25) is 0 Å². The second-order valence-corrected chi connectivity index (χ2v) is 10.4. The Bertz CT molecular complexity index is 1620. The van der Waals surface area contributed by atoms with Gasteiger partial charge in [0.25, 0.3) is 10.0 Å². The van der Waals surface area contributed by atoms with Crippen LogP contribution in [0, 0.1) is 17.1 Å². The van der Waals surface area contributed by atoms with Crippen LogP contribution in [0.4, 0.5) is 10.1 Å². The van der Waals surface area contributed by atoms with E-state index in [1.807, 2.05) is 13.0 Å². The van der Waals surface area contributed by atoms with Crippen LogP contribution in [-0.4, -0.2) is 22.1 Å². The molecule has 0 bridgehead atoms. The van der Waals surface area contributed by atoms with E-state index in [1.165, 1.54) is 35.7 Å². The Labute approximate surface area is 220 Å². The monoisotopic (exact) mass is 533 g/mol. The minimum atomic E-state index is -4.27. The molecule has 5 rings (SSSR count). The van der Waals surface area contributed by atoms with Gasteiger partial charge in [-0.25, -0.2) is 12.8 Å². The Balaban J connectivity index is 1.73. The van der Waals surface area contributed by atoms with Gasteiger partial charge in [0.05, 0.1) is 31.9 Å². The zero-order valence-corrected chi connectivity index (χ0v) is 21.5. The number of para-hydroxylation sites is 1. The van der Waals surface area contributed by atoms with Gasteiger partial charge >= 0.3 is 0 Å². The molecule has 38 heavy (non-hydrogen) atoms. The number of fused-ring (bicyclic) bond motifs is 2. The molecule has 0 fully saturated rings. The van der Waals surface area contributed by atoms with Crippen LogP contribution in [0.1, 0.15) is 29.5 Å². The fraction of sp³-hybridized carbons (Fsp3) is 0.179. The molecule has 0 amide bonds. The van der Waals surface area contributed by atoms with Crippen LogP contribution in [0.15, 0.2) is 83.1 Å². The molecule has 2 N–H and O–H groups in total. The number of hydrogen-bond acceptors (Lipinski definition) is 7. The maximum atomic E-state index is 14.3. The van der Waals surface area contributed by atoms with E-state index in [0.717, 1.165) is 0 Å². The highest BCUT2D eigenvalue weighted by Crippen LogP contribution is 2.52. The summed E-state index contributed by atoms with van der Waals surface area (Å²) in [5, 5.41) is 10.1. The molecule has 2 heterocycles. The molecular formula is C28H24FN3O5S. The standard InChI is InChI=1S/C28H24FN3O5S/c1-3-36-23-13-10-18(14-24(23)35-2)25-21(15-30)28(31)37-26-20-6-4-5-7-22(20)32(38(33,34)27(25)26)16-17-8-11-19(29)12-9-17/h4-14,25H,3,16,31H2,1-2H3/t25-/m1/s1. The highest BCUT2D eigenvalue weighted by Gasteiger charge is 2.47. The molecular weight excluding hydrogens is 509 g/mol. The molecule has 3 aromatic carbocycles. The van der Waals surface area contributed by atoms with Crippen molar-refractivity contribution in [2.75, 3.05) is 18.0 Å². The number of nitrogens with zero attached hydrogens (tertiary/aromatic N) is 2. The first-order valence-electron chi connectivity index (χ1n) is 11.8. The van der Waals surface area contributed by atoms with E-state index in [-0.39, 0.29) is 28.7 Å². The summed E-state index contributed by atoms with van der Waals surface area (Å²) in [7, 11) is -2.79. The third kappa shape index (κ3) is 4.11. The number of sulfonamides is 1. The largest absolute Gasteiger partial charge is 0.493 e. The lowest BCUT2D eigenvalue weighted by molar-refractivity contribution is 0.310. The van der Waals surface area contributed by atoms with E-state index in [1.54, 1.807) is 42.5 Å². The summed E-state index contributed by atoms with van der Waals surface area (Å²) in [6, 6.07) is 19.5. The highest BCUT2D eigenvalue weighted by atomic mass is 32.2. The molecule has 0 aromatic heterocycles. The van der Waals surface area contributed by atoms with Crippen molar-refractivity contribution in [1.82, 2.24) is 0 Å². The summed E-state index contributed by atoms with van der Waals surface area (Å²) in [5.41, 5.74) is 8.08. The summed E-state index contributed by atoms with van der Waals surface area (Å²) in [6.45, 7) is 2.18. The van der Waals surface area contributed by atoms with Crippen molar-refractivity contribution < 1.29 is 27.0 Å². The lowest BCUT2D eigenvalue weighted by Crippen LogP contribution is -2.39. The number of allylic oxidation sites excluding steroid dienone is 2. The Kier molecular flexibility index (Phi) is 6.46. The van der Waals surface area contributed by atoms with Gasteiger partial charge in [-0.2, -0.15) is 5.26 Å². The molecule has 0 unspecified atom stereocenters. The highest BCUT2D eigenvalue weighted by molar-refractivity contribution is 7.96.